The topological polar surface area (TPSA) is 84.2 Å². The maximum atomic E-state index is 12.4. The highest BCUT2D eigenvalue weighted by Crippen LogP contribution is 2.35. The molecule has 0 saturated heterocycles. The van der Waals surface area contributed by atoms with Gasteiger partial charge in [0.05, 0.1) is 12.6 Å². The Kier molecular flexibility index (Phi) is 5.20. The number of hydrogen-bond acceptors (Lipinski definition) is 6. The van der Waals surface area contributed by atoms with Crippen LogP contribution in [-0.2, 0) is 11.3 Å². The lowest BCUT2D eigenvalue weighted by atomic mass is 9.85. The lowest BCUT2D eigenvalue weighted by Crippen LogP contribution is -2.41. The van der Waals surface area contributed by atoms with E-state index in [9.17, 15) is 4.79 Å². The van der Waals surface area contributed by atoms with Crippen molar-refractivity contribution in [2.45, 2.75) is 51.6 Å². The van der Waals surface area contributed by atoms with Crippen LogP contribution in [0.15, 0.2) is 28.9 Å². The van der Waals surface area contributed by atoms with E-state index in [2.05, 4.69) is 20.4 Å². The van der Waals surface area contributed by atoms with Crippen molar-refractivity contribution >= 4 is 11.7 Å². The summed E-state index contributed by atoms with van der Waals surface area (Å²) >= 11 is 0. The highest BCUT2D eigenvalue weighted by Gasteiger charge is 2.27. The van der Waals surface area contributed by atoms with Crippen LogP contribution < -0.4 is 5.32 Å². The van der Waals surface area contributed by atoms with Gasteiger partial charge in [0.15, 0.2) is 5.82 Å². The second kappa shape index (κ2) is 7.53. The molecule has 0 radical (unpaired) electrons. The van der Waals surface area contributed by atoms with Gasteiger partial charge >= 0.3 is 0 Å². The molecule has 1 N–H and O–H groups in total. The van der Waals surface area contributed by atoms with E-state index >= 15 is 0 Å². The van der Waals surface area contributed by atoms with Crippen molar-refractivity contribution < 1.29 is 9.32 Å². The summed E-state index contributed by atoms with van der Waals surface area (Å²) in [6, 6.07) is 5.10. The molecule has 1 aliphatic carbocycles. The molecule has 0 unspecified atom stereocenters. The summed E-state index contributed by atoms with van der Waals surface area (Å²) in [5.41, 5.74) is 0. The fourth-order valence-corrected chi connectivity index (χ4v) is 2.69. The van der Waals surface area contributed by atoms with E-state index in [4.69, 9.17) is 4.52 Å². The molecule has 24 heavy (non-hydrogen) atoms. The molecule has 0 aliphatic heterocycles. The van der Waals surface area contributed by atoms with Crippen molar-refractivity contribution in [3.8, 4) is 0 Å². The Labute approximate surface area is 141 Å². The predicted octanol–water partition coefficient (Wildman–Crippen LogP) is 2.58. The van der Waals surface area contributed by atoms with Gasteiger partial charge < -0.3 is 9.84 Å². The van der Waals surface area contributed by atoms with Gasteiger partial charge in [-0.15, -0.1) is 0 Å². The lowest BCUT2D eigenvalue weighted by Gasteiger charge is -2.25. The summed E-state index contributed by atoms with van der Waals surface area (Å²) in [6.45, 7) is 5.08. The van der Waals surface area contributed by atoms with Crippen molar-refractivity contribution in [1.82, 2.24) is 20.0 Å². The Morgan fingerprint density at radius 1 is 1.46 bits per heavy atom. The highest BCUT2D eigenvalue weighted by molar-refractivity contribution is 5.93. The van der Waals surface area contributed by atoms with Gasteiger partial charge in [0.1, 0.15) is 5.82 Å². The molecule has 1 fully saturated rings. The number of pyridine rings is 1. The Morgan fingerprint density at radius 2 is 2.29 bits per heavy atom. The number of hydrogen-bond donors (Lipinski definition) is 1. The summed E-state index contributed by atoms with van der Waals surface area (Å²) in [5, 5.41) is 6.89. The normalized spacial score (nSPS) is 16.0. The standard InChI is InChI=1S/C17H23N5O2/c1-3-22(11-15-20-17(24-21-15)13-7-6-8-13)12(2)16(23)19-14-9-4-5-10-18-14/h4-5,9-10,12-13H,3,6-8,11H2,1-2H3,(H,18,19,23)/t12-/m1/s1. The van der Waals surface area contributed by atoms with Gasteiger partial charge in [0.2, 0.25) is 11.8 Å². The summed E-state index contributed by atoms with van der Waals surface area (Å²) in [6.07, 6.45) is 5.14. The van der Waals surface area contributed by atoms with E-state index in [1.54, 1.807) is 12.3 Å². The van der Waals surface area contributed by atoms with E-state index in [1.807, 2.05) is 30.9 Å². The van der Waals surface area contributed by atoms with Crippen molar-refractivity contribution in [1.29, 1.82) is 0 Å². The minimum atomic E-state index is -0.317. The third-order valence-corrected chi connectivity index (χ3v) is 4.53. The van der Waals surface area contributed by atoms with Gasteiger partial charge in [-0.25, -0.2) is 4.98 Å². The van der Waals surface area contributed by atoms with E-state index in [-0.39, 0.29) is 11.9 Å². The monoisotopic (exact) mass is 329 g/mol. The third kappa shape index (κ3) is 3.79. The average Bonchev–Trinajstić information content (AvgIpc) is 2.99. The highest BCUT2D eigenvalue weighted by atomic mass is 16.5. The first-order valence-corrected chi connectivity index (χ1v) is 8.45. The van der Waals surface area contributed by atoms with Crippen molar-refractivity contribution in [2.24, 2.45) is 0 Å². The Balaban J connectivity index is 1.59. The van der Waals surface area contributed by atoms with E-state index in [1.165, 1.54) is 6.42 Å². The molecule has 128 valence electrons. The molecule has 2 aromatic heterocycles. The first-order chi connectivity index (χ1) is 11.7. The van der Waals surface area contributed by atoms with Gasteiger partial charge in [-0.2, -0.15) is 4.98 Å². The fourth-order valence-electron chi connectivity index (χ4n) is 2.69. The number of likely N-dealkylation sites (N-methyl/N-ethyl adjacent to an activating group) is 1. The van der Waals surface area contributed by atoms with E-state index in [0.717, 1.165) is 18.7 Å². The fraction of sp³-hybridized carbons (Fsp3) is 0.529. The SMILES string of the molecule is CCN(Cc1noc(C2CCC2)n1)[C@H](C)C(=O)Nc1ccccn1. The molecule has 1 aliphatic rings. The number of carbonyl (C=O) groups is 1. The molecule has 2 heterocycles. The van der Waals surface area contributed by atoms with Crippen LogP contribution in [0.2, 0.25) is 0 Å². The van der Waals surface area contributed by atoms with E-state index in [0.29, 0.717) is 30.6 Å². The largest absolute Gasteiger partial charge is 0.339 e. The van der Waals surface area contributed by atoms with Crippen LogP contribution in [0.3, 0.4) is 0 Å². The molecule has 7 heteroatoms. The minimum absolute atomic E-state index is 0.0988. The number of aromatic nitrogens is 3. The van der Waals surface area contributed by atoms with Crippen molar-refractivity contribution in [2.75, 3.05) is 11.9 Å². The molecule has 0 spiro atoms. The molecule has 7 nitrogen and oxygen atoms in total. The van der Waals surface area contributed by atoms with Gasteiger partial charge in [-0.05, 0) is 38.4 Å². The zero-order valence-corrected chi connectivity index (χ0v) is 14.1. The first kappa shape index (κ1) is 16.6. The molecular formula is C17H23N5O2. The minimum Gasteiger partial charge on any atom is -0.339 e. The zero-order valence-electron chi connectivity index (χ0n) is 14.1. The Bertz CT molecular complexity index is 669. The summed E-state index contributed by atoms with van der Waals surface area (Å²) in [7, 11) is 0. The first-order valence-electron chi connectivity index (χ1n) is 8.45. The van der Waals surface area contributed by atoms with Crippen LogP contribution in [-0.4, -0.2) is 38.5 Å². The van der Waals surface area contributed by atoms with Crippen LogP contribution in [0.25, 0.3) is 0 Å². The molecule has 1 atom stereocenters. The van der Waals surface area contributed by atoms with Gasteiger partial charge in [-0.1, -0.05) is 24.6 Å². The summed E-state index contributed by atoms with van der Waals surface area (Å²) in [5.74, 6) is 2.25. The van der Waals surface area contributed by atoms with Crippen LogP contribution in [0.1, 0.15) is 50.7 Å². The van der Waals surface area contributed by atoms with Gasteiger partial charge in [0, 0.05) is 12.1 Å². The van der Waals surface area contributed by atoms with Crippen molar-refractivity contribution in [3.05, 3.63) is 36.1 Å². The number of rotatable bonds is 7. The van der Waals surface area contributed by atoms with Crippen LogP contribution >= 0.6 is 0 Å². The maximum absolute atomic E-state index is 12.4. The number of amides is 1. The van der Waals surface area contributed by atoms with Crippen LogP contribution in [0.5, 0.6) is 0 Å². The second-order valence-corrected chi connectivity index (χ2v) is 6.12. The quantitative estimate of drug-likeness (QED) is 0.840. The van der Waals surface area contributed by atoms with Crippen molar-refractivity contribution in [3.63, 3.8) is 0 Å². The molecular weight excluding hydrogens is 306 g/mol. The average molecular weight is 329 g/mol. The summed E-state index contributed by atoms with van der Waals surface area (Å²) < 4.78 is 5.35. The number of anilines is 1. The van der Waals surface area contributed by atoms with Gasteiger partial charge in [-0.3, -0.25) is 9.69 Å². The molecule has 0 bridgehead atoms. The van der Waals surface area contributed by atoms with E-state index < -0.39 is 0 Å². The number of nitrogens with one attached hydrogen (secondary N) is 1. The third-order valence-electron chi connectivity index (χ3n) is 4.53. The lowest BCUT2D eigenvalue weighted by molar-refractivity contribution is -0.121. The Morgan fingerprint density at radius 3 is 2.92 bits per heavy atom. The molecule has 1 amide bonds. The number of carbonyl (C=O) groups excluding carboxylic acids is 1. The summed E-state index contributed by atoms with van der Waals surface area (Å²) in [4.78, 5) is 23.0. The van der Waals surface area contributed by atoms with Gasteiger partial charge in [0.25, 0.3) is 0 Å². The molecule has 1 saturated carbocycles. The van der Waals surface area contributed by atoms with Crippen LogP contribution in [0, 0.1) is 0 Å². The van der Waals surface area contributed by atoms with Crippen LogP contribution in [0.4, 0.5) is 5.82 Å². The predicted molar refractivity (Wildman–Crippen MR) is 89.3 cm³/mol. The Hall–Kier alpha value is -2.28. The zero-order chi connectivity index (χ0) is 16.9. The molecule has 2 aromatic rings. The molecule has 3 rings (SSSR count). The second-order valence-electron chi connectivity index (χ2n) is 6.12. The number of nitrogens with zero attached hydrogens (tertiary/aromatic N) is 4. The molecule has 0 aromatic carbocycles. The smallest absolute Gasteiger partial charge is 0.242 e. The maximum Gasteiger partial charge on any atom is 0.242 e.